The third-order valence-electron chi connectivity index (χ3n) is 2.42. The van der Waals surface area contributed by atoms with Crippen LogP contribution in [0, 0.1) is 0 Å². The first kappa shape index (κ1) is 13.3. The zero-order chi connectivity index (χ0) is 13.1. The zero-order valence-corrected chi connectivity index (χ0v) is 9.11. The predicted molar refractivity (Wildman–Crippen MR) is 55.8 cm³/mol. The first-order valence-corrected chi connectivity index (χ1v) is 4.88. The largest absolute Gasteiger partial charge is 0.465 e. The van der Waals surface area contributed by atoms with Crippen molar-refractivity contribution in [2.75, 3.05) is 7.05 Å². The van der Waals surface area contributed by atoms with Crippen LogP contribution in [0.25, 0.3) is 0 Å². The van der Waals surface area contributed by atoms with Crippen molar-refractivity contribution in [2.24, 2.45) is 0 Å². The highest BCUT2D eigenvalue weighted by atomic mass is 19.4. The van der Waals surface area contributed by atoms with Gasteiger partial charge in [-0.1, -0.05) is 30.3 Å². The summed E-state index contributed by atoms with van der Waals surface area (Å²) >= 11 is 0. The molecule has 1 unspecified atom stereocenters. The Hall–Kier alpha value is -1.72. The van der Waals surface area contributed by atoms with Gasteiger partial charge in [0.2, 0.25) is 0 Å². The number of hydrogen-bond acceptors (Lipinski definition) is 1. The second kappa shape index (κ2) is 5.07. The van der Waals surface area contributed by atoms with Gasteiger partial charge in [-0.05, 0) is 5.56 Å². The number of hydrogen-bond donors (Lipinski definition) is 1. The van der Waals surface area contributed by atoms with Crippen LogP contribution in [0.1, 0.15) is 5.56 Å². The van der Waals surface area contributed by atoms with Crippen molar-refractivity contribution < 1.29 is 23.1 Å². The fourth-order valence-corrected chi connectivity index (χ4v) is 1.44. The van der Waals surface area contributed by atoms with E-state index in [1.165, 1.54) is 12.1 Å². The van der Waals surface area contributed by atoms with E-state index >= 15 is 0 Å². The summed E-state index contributed by atoms with van der Waals surface area (Å²) < 4.78 is 38.1. The third kappa shape index (κ3) is 3.65. The van der Waals surface area contributed by atoms with Crippen LogP contribution in [0.2, 0.25) is 0 Å². The van der Waals surface area contributed by atoms with E-state index in [4.69, 9.17) is 5.11 Å². The van der Waals surface area contributed by atoms with Gasteiger partial charge in [-0.15, -0.1) is 0 Å². The molecule has 1 amide bonds. The maximum Gasteiger partial charge on any atom is 0.409 e. The summed E-state index contributed by atoms with van der Waals surface area (Å²) in [5.74, 6) is 0. The molecule has 94 valence electrons. The van der Waals surface area contributed by atoms with Crippen LogP contribution in [0.4, 0.5) is 18.0 Å². The molecule has 3 nitrogen and oxygen atoms in total. The van der Waals surface area contributed by atoms with Gasteiger partial charge in [0, 0.05) is 13.5 Å². The van der Waals surface area contributed by atoms with Gasteiger partial charge in [0.15, 0.2) is 0 Å². The number of halogens is 3. The van der Waals surface area contributed by atoms with Crippen LogP contribution < -0.4 is 0 Å². The van der Waals surface area contributed by atoms with Crippen molar-refractivity contribution in [3.8, 4) is 0 Å². The minimum Gasteiger partial charge on any atom is -0.465 e. The molecular weight excluding hydrogens is 235 g/mol. The summed E-state index contributed by atoms with van der Waals surface area (Å²) in [6, 6.07) is 5.96. The zero-order valence-electron chi connectivity index (χ0n) is 9.11. The summed E-state index contributed by atoms with van der Waals surface area (Å²) in [4.78, 5) is 10.9. The van der Waals surface area contributed by atoms with Crippen molar-refractivity contribution in [3.05, 3.63) is 35.9 Å². The van der Waals surface area contributed by atoms with Crippen molar-refractivity contribution in [3.63, 3.8) is 0 Å². The second-order valence-corrected chi connectivity index (χ2v) is 3.64. The molecule has 0 saturated heterocycles. The standard InChI is InChI=1S/C11H12F3NO2/c1-15(10(16)17)9(11(12,13)14)7-8-5-3-2-4-6-8/h2-6,9H,7H2,1H3,(H,16,17). The van der Waals surface area contributed by atoms with Crippen LogP contribution >= 0.6 is 0 Å². The Labute approximate surface area is 96.5 Å². The SMILES string of the molecule is CN(C(=O)O)C(Cc1ccccc1)C(F)(F)F. The molecule has 1 rings (SSSR count). The quantitative estimate of drug-likeness (QED) is 0.892. The molecule has 1 aromatic rings. The molecule has 0 spiro atoms. The lowest BCUT2D eigenvalue weighted by atomic mass is 10.0. The monoisotopic (exact) mass is 247 g/mol. The van der Waals surface area contributed by atoms with E-state index in [2.05, 4.69) is 0 Å². The van der Waals surface area contributed by atoms with Gasteiger partial charge in [0.05, 0.1) is 0 Å². The Morgan fingerprint density at radius 2 is 1.88 bits per heavy atom. The van der Waals surface area contributed by atoms with Gasteiger partial charge in [-0.25, -0.2) is 4.79 Å². The smallest absolute Gasteiger partial charge is 0.409 e. The molecule has 1 aromatic carbocycles. The van der Waals surface area contributed by atoms with E-state index in [1.54, 1.807) is 18.2 Å². The molecule has 0 aliphatic rings. The molecular formula is C11H12F3NO2. The minimum absolute atomic E-state index is 0.285. The Morgan fingerprint density at radius 3 is 2.29 bits per heavy atom. The molecule has 0 saturated carbocycles. The lowest BCUT2D eigenvalue weighted by Gasteiger charge is -2.27. The number of carbonyl (C=O) groups is 1. The number of alkyl halides is 3. The van der Waals surface area contributed by atoms with E-state index in [0.29, 0.717) is 5.56 Å². The number of carboxylic acid groups (broad SMARTS) is 1. The van der Waals surface area contributed by atoms with Crippen LogP contribution in [-0.2, 0) is 6.42 Å². The highest BCUT2D eigenvalue weighted by Crippen LogP contribution is 2.27. The van der Waals surface area contributed by atoms with Crippen LogP contribution in [0.15, 0.2) is 30.3 Å². The molecule has 0 aliphatic heterocycles. The van der Waals surface area contributed by atoms with E-state index in [1.807, 2.05) is 0 Å². The fraction of sp³-hybridized carbons (Fsp3) is 0.364. The normalized spacial score (nSPS) is 13.2. The van der Waals surface area contributed by atoms with Gasteiger partial charge in [-0.3, -0.25) is 4.90 Å². The topological polar surface area (TPSA) is 40.5 Å². The van der Waals surface area contributed by atoms with Crippen molar-refractivity contribution >= 4 is 6.09 Å². The first-order valence-electron chi connectivity index (χ1n) is 4.88. The third-order valence-corrected chi connectivity index (χ3v) is 2.42. The molecule has 17 heavy (non-hydrogen) atoms. The highest BCUT2D eigenvalue weighted by molar-refractivity contribution is 5.65. The minimum atomic E-state index is -4.58. The van der Waals surface area contributed by atoms with Gasteiger partial charge >= 0.3 is 12.3 Å². The molecule has 0 fully saturated rings. The number of rotatable bonds is 3. The Morgan fingerprint density at radius 1 is 1.35 bits per heavy atom. The first-order chi connectivity index (χ1) is 7.82. The Kier molecular flexibility index (Phi) is 3.98. The summed E-state index contributed by atoms with van der Waals surface area (Å²) in [6.45, 7) is 0. The summed E-state index contributed by atoms with van der Waals surface area (Å²) in [5, 5.41) is 8.62. The van der Waals surface area contributed by atoms with Gasteiger partial charge in [0.1, 0.15) is 6.04 Å². The van der Waals surface area contributed by atoms with Gasteiger partial charge < -0.3 is 5.11 Å². The molecule has 6 heteroatoms. The van der Waals surface area contributed by atoms with E-state index in [9.17, 15) is 18.0 Å². The van der Waals surface area contributed by atoms with E-state index < -0.39 is 18.3 Å². The second-order valence-electron chi connectivity index (χ2n) is 3.64. The molecule has 1 atom stereocenters. The average molecular weight is 247 g/mol. The Balaban J connectivity index is 2.89. The van der Waals surface area contributed by atoms with Crippen molar-refractivity contribution in [1.29, 1.82) is 0 Å². The Bertz CT molecular complexity index is 378. The summed E-state index contributed by atoms with van der Waals surface area (Å²) in [5.41, 5.74) is 0.447. The molecule has 0 aliphatic carbocycles. The summed E-state index contributed by atoms with van der Waals surface area (Å²) in [6.07, 6.45) is -6.56. The maximum absolute atomic E-state index is 12.7. The molecule has 0 aromatic heterocycles. The molecule has 0 radical (unpaired) electrons. The molecule has 1 N–H and O–H groups in total. The lowest BCUT2D eigenvalue weighted by Crippen LogP contribution is -2.47. The molecule has 0 heterocycles. The van der Waals surface area contributed by atoms with E-state index in [-0.39, 0.29) is 11.3 Å². The van der Waals surface area contributed by atoms with Crippen molar-refractivity contribution in [1.82, 2.24) is 4.90 Å². The van der Waals surface area contributed by atoms with Crippen molar-refractivity contribution in [2.45, 2.75) is 18.6 Å². The fourth-order valence-electron chi connectivity index (χ4n) is 1.44. The van der Waals surface area contributed by atoms with Crippen LogP contribution in [-0.4, -0.2) is 35.4 Å². The highest BCUT2D eigenvalue weighted by Gasteiger charge is 2.44. The van der Waals surface area contributed by atoms with E-state index in [0.717, 1.165) is 7.05 Å². The van der Waals surface area contributed by atoms with Crippen LogP contribution in [0.5, 0.6) is 0 Å². The maximum atomic E-state index is 12.7. The van der Waals surface area contributed by atoms with Crippen LogP contribution in [0.3, 0.4) is 0 Å². The van der Waals surface area contributed by atoms with Gasteiger partial charge in [0.25, 0.3) is 0 Å². The predicted octanol–water partition coefficient (Wildman–Crippen LogP) is 2.77. The van der Waals surface area contributed by atoms with Gasteiger partial charge in [-0.2, -0.15) is 13.2 Å². The number of benzene rings is 1. The average Bonchev–Trinajstić information content (AvgIpc) is 2.24. The molecule has 0 bridgehead atoms. The number of likely N-dealkylation sites (N-methyl/N-ethyl adjacent to an activating group) is 1. The number of amides is 1. The lowest BCUT2D eigenvalue weighted by molar-refractivity contribution is -0.174. The summed E-state index contributed by atoms with van der Waals surface area (Å²) in [7, 11) is 0.920. The number of nitrogens with zero attached hydrogens (tertiary/aromatic N) is 1.